The summed E-state index contributed by atoms with van der Waals surface area (Å²) in [6.07, 6.45) is 2.46. The molecular formula is C24H27N5O. The highest BCUT2D eigenvalue weighted by Crippen LogP contribution is 2.24. The SMILES string of the molecule is Cc1cc(N2CCCC2)nc(N2CCN(C(=O)c3cccc4ccccc34)CC2)n1. The van der Waals surface area contributed by atoms with Crippen molar-refractivity contribution in [3.8, 4) is 0 Å². The molecule has 5 rings (SSSR count). The Kier molecular flexibility index (Phi) is 4.99. The molecule has 154 valence electrons. The number of benzene rings is 2. The van der Waals surface area contributed by atoms with Gasteiger partial charge in [-0.3, -0.25) is 4.79 Å². The second-order valence-corrected chi connectivity index (χ2v) is 8.17. The van der Waals surface area contributed by atoms with Crippen LogP contribution in [0.3, 0.4) is 0 Å². The van der Waals surface area contributed by atoms with Gasteiger partial charge < -0.3 is 14.7 Å². The molecule has 2 aromatic carbocycles. The molecule has 0 unspecified atom stereocenters. The number of hydrogen-bond donors (Lipinski definition) is 0. The maximum Gasteiger partial charge on any atom is 0.254 e. The van der Waals surface area contributed by atoms with Crippen LogP contribution in [0.25, 0.3) is 10.8 Å². The van der Waals surface area contributed by atoms with Crippen molar-refractivity contribution in [3.05, 3.63) is 59.8 Å². The number of rotatable bonds is 3. The molecule has 1 aromatic heterocycles. The Hall–Kier alpha value is -3.15. The van der Waals surface area contributed by atoms with Crippen molar-refractivity contribution in [2.24, 2.45) is 0 Å². The van der Waals surface area contributed by atoms with Gasteiger partial charge in [-0.15, -0.1) is 0 Å². The van der Waals surface area contributed by atoms with E-state index >= 15 is 0 Å². The molecule has 0 atom stereocenters. The van der Waals surface area contributed by atoms with Gasteiger partial charge >= 0.3 is 0 Å². The first-order valence-electron chi connectivity index (χ1n) is 10.8. The zero-order valence-corrected chi connectivity index (χ0v) is 17.4. The smallest absolute Gasteiger partial charge is 0.254 e. The lowest BCUT2D eigenvalue weighted by Crippen LogP contribution is -2.49. The summed E-state index contributed by atoms with van der Waals surface area (Å²) in [4.78, 5) is 29.2. The quantitative estimate of drug-likeness (QED) is 0.672. The normalized spacial score (nSPS) is 17.0. The van der Waals surface area contributed by atoms with Crippen LogP contribution in [0.2, 0.25) is 0 Å². The zero-order valence-electron chi connectivity index (χ0n) is 17.4. The van der Waals surface area contributed by atoms with Crippen LogP contribution < -0.4 is 9.80 Å². The van der Waals surface area contributed by atoms with Crippen LogP contribution in [0.5, 0.6) is 0 Å². The molecule has 30 heavy (non-hydrogen) atoms. The van der Waals surface area contributed by atoms with E-state index in [4.69, 9.17) is 4.98 Å². The molecule has 2 aliphatic rings. The highest BCUT2D eigenvalue weighted by molar-refractivity contribution is 6.07. The van der Waals surface area contributed by atoms with Gasteiger partial charge in [-0.25, -0.2) is 4.98 Å². The average molecular weight is 402 g/mol. The minimum Gasteiger partial charge on any atom is -0.356 e. The summed E-state index contributed by atoms with van der Waals surface area (Å²) in [5.74, 6) is 1.92. The monoisotopic (exact) mass is 401 g/mol. The third-order valence-electron chi connectivity index (χ3n) is 6.13. The van der Waals surface area contributed by atoms with Crippen LogP contribution in [0, 0.1) is 6.92 Å². The Morgan fingerprint density at radius 2 is 1.57 bits per heavy atom. The van der Waals surface area contributed by atoms with Crippen LogP contribution in [-0.4, -0.2) is 60.0 Å². The van der Waals surface area contributed by atoms with E-state index in [2.05, 4.69) is 33.0 Å². The first kappa shape index (κ1) is 18.9. The number of fused-ring (bicyclic) bond motifs is 1. The standard InChI is InChI=1S/C24H27N5O/c1-18-17-22(27-11-4-5-12-27)26-24(25-18)29-15-13-28(14-16-29)23(30)21-10-6-8-19-7-2-3-9-20(19)21/h2-3,6-10,17H,4-5,11-16H2,1H3. The molecule has 2 saturated heterocycles. The number of aromatic nitrogens is 2. The van der Waals surface area contributed by atoms with E-state index < -0.39 is 0 Å². The average Bonchev–Trinajstić information content (AvgIpc) is 3.33. The summed E-state index contributed by atoms with van der Waals surface area (Å²) in [7, 11) is 0. The van der Waals surface area contributed by atoms with Gasteiger partial charge in [0.25, 0.3) is 5.91 Å². The lowest BCUT2D eigenvalue weighted by Gasteiger charge is -2.35. The molecule has 0 aliphatic carbocycles. The van der Waals surface area contributed by atoms with E-state index in [9.17, 15) is 4.79 Å². The van der Waals surface area contributed by atoms with Gasteiger partial charge in [0.2, 0.25) is 5.95 Å². The number of nitrogens with zero attached hydrogens (tertiary/aromatic N) is 5. The molecule has 2 fully saturated rings. The van der Waals surface area contributed by atoms with E-state index in [1.807, 2.05) is 42.2 Å². The number of piperazine rings is 1. The molecule has 0 N–H and O–H groups in total. The Morgan fingerprint density at radius 3 is 2.37 bits per heavy atom. The summed E-state index contributed by atoms with van der Waals surface area (Å²) in [5, 5.41) is 2.12. The minimum atomic E-state index is 0.106. The van der Waals surface area contributed by atoms with E-state index in [0.717, 1.165) is 60.0 Å². The third kappa shape index (κ3) is 3.58. The Morgan fingerprint density at radius 1 is 0.833 bits per heavy atom. The van der Waals surface area contributed by atoms with Gasteiger partial charge in [-0.1, -0.05) is 36.4 Å². The van der Waals surface area contributed by atoms with Crippen LogP contribution in [0.1, 0.15) is 28.9 Å². The van der Waals surface area contributed by atoms with Gasteiger partial charge in [0.1, 0.15) is 5.82 Å². The molecule has 6 heteroatoms. The summed E-state index contributed by atoms with van der Waals surface area (Å²) < 4.78 is 0. The lowest BCUT2D eigenvalue weighted by atomic mass is 10.0. The fraction of sp³-hybridized carbons (Fsp3) is 0.375. The molecule has 0 bridgehead atoms. The van der Waals surface area contributed by atoms with Crippen LogP contribution in [0.15, 0.2) is 48.5 Å². The number of carbonyl (C=O) groups excluding carboxylic acids is 1. The molecule has 3 heterocycles. The van der Waals surface area contributed by atoms with Crippen molar-refractivity contribution in [2.45, 2.75) is 19.8 Å². The summed E-state index contributed by atoms with van der Waals surface area (Å²) in [6.45, 7) is 7.03. The van der Waals surface area contributed by atoms with Crippen LogP contribution in [0.4, 0.5) is 11.8 Å². The Balaban J connectivity index is 1.31. The fourth-order valence-corrected chi connectivity index (χ4v) is 4.48. The second kappa shape index (κ2) is 7.94. The van der Waals surface area contributed by atoms with Crippen molar-refractivity contribution in [1.82, 2.24) is 14.9 Å². The van der Waals surface area contributed by atoms with E-state index in [0.29, 0.717) is 13.1 Å². The van der Waals surface area contributed by atoms with Gasteiger partial charge in [-0.05, 0) is 36.6 Å². The molecule has 0 radical (unpaired) electrons. The van der Waals surface area contributed by atoms with Crippen LogP contribution >= 0.6 is 0 Å². The van der Waals surface area contributed by atoms with Crippen molar-refractivity contribution < 1.29 is 4.79 Å². The van der Waals surface area contributed by atoms with Crippen molar-refractivity contribution >= 4 is 28.4 Å². The summed E-state index contributed by atoms with van der Waals surface area (Å²) in [6, 6.07) is 16.1. The predicted octanol–water partition coefficient (Wildman–Crippen LogP) is 3.50. The van der Waals surface area contributed by atoms with Crippen LogP contribution in [-0.2, 0) is 0 Å². The molecule has 0 saturated carbocycles. The molecule has 6 nitrogen and oxygen atoms in total. The molecular weight excluding hydrogens is 374 g/mol. The van der Waals surface area contributed by atoms with Gasteiger partial charge in [0.05, 0.1) is 0 Å². The minimum absolute atomic E-state index is 0.106. The summed E-state index contributed by atoms with van der Waals surface area (Å²) in [5.41, 5.74) is 1.78. The van der Waals surface area contributed by atoms with E-state index in [-0.39, 0.29) is 5.91 Å². The van der Waals surface area contributed by atoms with Crippen molar-refractivity contribution in [2.75, 3.05) is 49.1 Å². The van der Waals surface area contributed by atoms with E-state index in [1.165, 1.54) is 12.8 Å². The third-order valence-corrected chi connectivity index (χ3v) is 6.13. The zero-order chi connectivity index (χ0) is 20.5. The van der Waals surface area contributed by atoms with Gasteiger partial charge in [0, 0.05) is 56.6 Å². The second-order valence-electron chi connectivity index (χ2n) is 8.17. The Labute approximate surface area is 177 Å². The first-order chi connectivity index (χ1) is 14.7. The molecule has 1 amide bonds. The first-order valence-corrected chi connectivity index (χ1v) is 10.8. The maximum atomic E-state index is 13.2. The van der Waals surface area contributed by atoms with Gasteiger partial charge in [-0.2, -0.15) is 4.98 Å². The summed E-state index contributed by atoms with van der Waals surface area (Å²) >= 11 is 0. The van der Waals surface area contributed by atoms with Crippen molar-refractivity contribution in [3.63, 3.8) is 0 Å². The molecule has 3 aromatic rings. The van der Waals surface area contributed by atoms with Gasteiger partial charge in [0.15, 0.2) is 0 Å². The lowest BCUT2D eigenvalue weighted by molar-refractivity contribution is 0.0748. The number of amides is 1. The topological polar surface area (TPSA) is 52.6 Å². The number of carbonyl (C=O) groups is 1. The number of hydrogen-bond acceptors (Lipinski definition) is 5. The van der Waals surface area contributed by atoms with Crippen molar-refractivity contribution in [1.29, 1.82) is 0 Å². The highest BCUT2D eigenvalue weighted by atomic mass is 16.2. The number of aryl methyl sites for hydroxylation is 1. The fourth-order valence-electron chi connectivity index (χ4n) is 4.48. The molecule has 0 spiro atoms. The highest BCUT2D eigenvalue weighted by Gasteiger charge is 2.25. The predicted molar refractivity (Wildman–Crippen MR) is 120 cm³/mol. The maximum absolute atomic E-state index is 13.2. The number of anilines is 2. The Bertz CT molecular complexity index is 1060. The molecule has 2 aliphatic heterocycles. The van der Waals surface area contributed by atoms with E-state index in [1.54, 1.807) is 0 Å². The largest absolute Gasteiger partial charge is 0.356 e.